The van der Waals surface area contributed by atoms with Crippen molar-refractivity contribution in [3.63, 3.8) is 0 Å². The standard InChI is InChI=1S/C45H70O16/c1-40(2,3)34(47)53-21-23-19-24(57-36(49)42(7,8)9)28-25(20-46)55-32(27(23)28)61-33-31(60-39(52)45(16,17)18)30(59-38(51)44(13,14)15)29(58-37(50)43(10,11)12)26(56-33)22-54-35(48)41(4,5)6/h19-20,24-33H,21-22H2,1-18H3/t24-,25+,26-,27-,28-,29-,30+,31-,32+,33+/m1/s1. The second-order valence-corrected chi connectivity index (χ2v) is 22.3. The van der Waals surface area contributed by atoms with Gasteiger partial charge in [-0.3, -0.25) is 28.8 Å². The van der Waals surface area contributed by atoms with Crippen LogP contribution in [0.5, 0.6) is 0 Å². The molecule has 3 aliphatic rings. The van der Waals surface area contributed by atoms with E-state index in [9.17, 15) is 33.6 Å². The molecule has 2 aliphatic heterocycles. The first-order valence-electron chi connectivity index (χ1n) is 20.8. The maximum Gasteiger partial charge on any atom is 0.311 e. The van der Waals surface area contributed by atoms with E-state index in [4.69, 9.17) is 42.6 Å². The van der Waals surface area contributed by atoms with Gasteiger partial charge in [0.2, 0.25) is 6.29 Å². The van der Waals surface area contributed by atoms with Crippen LogP contribution in [0.15, 0.2) is 11.6 Å². The van der Waals surface area contributed by atoms with Crippen molar-refractivity contribution in [2.45, 2.75) is 174 Å². The fraction of sp³-hybridized carbons (Fsp3) is 0.800. The molecule has 61 heavy (non-hydrogen) atoms. The van der Waals surface area contributed by atoms with E-state index in [1.54, 1.807) is 131 Å². The zero-order valence-corrected chi connectivity index (χ0v) is 39.4. The highest BCUT2D eigenvalue weighted by molar-refractivity contribution is 5.78. The monoisotopic (exact) mass is 866 g/mol. The van der Waals surface area contributed by atoms with Crippen molar-refractivity contribution in [3.05, 3.63) is 11.6 Å². The molecule has 2 heterocycles. The highest BCUT2D eigenvalue weighted by Gasteiger charge is 2.60. The minimum Gasteiger partial charge on any atom is -0.462 e. The van der Waals surface area contributed by atoms with Crippen LogP contribution in [0.4, 0.5) is 0 Å². The van der Waals surface area contributed by atoms with Gasteiger partial charge in [-0.2, -0.15) is 0 Å². The summed E-state index contributed by atoms with van der Waals surface area (Å²) in [6.07, 6.45) is -9.43. The zero-order chi connectivity index (χ0) is 47.0. The molecule has 0 aromatic heterocycles. The Labute approximate surface area is 360 Å². The van der Waals surface area contributed by atoms with Crippen LogP contribution < -0.4 is 0 Å². The van der Waals surface area contributed by atoms with Crippen LogP contribution in [0.2, 0.25) is 0 Å². The molecule has 0 radical (unpaired) electrons. The first-order chi connectivity index (χ1) is 27.5. The van der Waals surface area contributed by atoms with E-state index < -0.39 is 136 Å². The van der Waals surface area contributed by atoms with Crippen molar-refractivity contribution < 1.29 is 76.2 Å². The lowest BCUT2D eigenvalue weighted by molar-refractivity contribution is -0.342. The fourth-order valence-electron chi connectivity index (χ4n) is 6.06. The smallest absolute Gasteiger partial charge is 0.311 e. The van der Waals surface area contributed by atoms with Crippen LogP contribution in [0.25, 0.3) is 0 Å². The van der Waals surface area contributed by atoms with Gasteiger partial charge in [0, 0.05) is 11.8 Å². The topological polar surface area (TPSA) is 203 Å². The Balaban J connectivity index is 2.25. The molecule has 0 unspecified atom stereocenters. The van der Waals surface area contributed by atoms with Gasteiger partial charge in [0.1, 0.15) is 37.8 Å². The summed E-state index contributed by atoms with van der Waals surface area (Å²) in [5.74, 6) is -5.77. The number of esters is 6. The molecule has 346 valence electrons. The Morgan fingerprint density at radius 3 is 1.38 bits per heavy atom. The average molecular weight is 867 g/mol. The van der Waals surface area contributed by atoms with Crippen molar-refractivity contribution in [1.29, 1.82) is 0 Å². The predicted octanol–water partition coefficient (Wildman–Crippen LogP) is 5.83. The number of rotatable bonds is 11. The second-order valence-electron chi connectivity index (χ2n) is 22.3. The van der Waals surface area contributed by atoms with E-state index in [0.29, 0.717) is 11.9 Å². The molecule has 0 aromatic rings. The van der Waals surface area contributed by atoms with Crippen molar-refractivity contribution in [1.82, 2.24) is 0 Å². The first kappa shape index (κ1) is 51.5. The van der Waals surface area contributed by atoms with Gasteiger partial charge in [-0.05, 0) is 136 Å². The Kier molecular flexibility index (Phi) is 15.6. The van der Waals surface area contributed by atoms with Gasteiger partial charge in [-0.1, -0.05) is 0 Å². The molecule has 16 heteroatoms. The Morgan fingerprint density at radius 2 is 0.934 bits per heavy atom. The van der Waals surface area contributed by atoms with E-state index in [1.165, 1.54) is 0 Å². The van der Waals surface area contributed by atoms with E-state index in [1.807, 2.05) is 0 Å². The maximum absolute atomic E-state index is 13.8. The summed E-state index contributed by atoms with van der Waals surface area (Å²) in [7, 11) is 0. The summed E-state index contributed by atoms with van der Waals surface area (Å²) in [6, 6.07) is 0. The van der Waals surface area contributed by atoms with Gasteiger partial charge < -0.3 is 47.4 Å². The van der Waals surface area contributed by atoms with Crippen LogP contribution in [0.3, 0.4) is 0 Å². The van der Waals surface area contributed by atoms with Gasteiger partial charge >= 0.3 is 35.8 Å². The zero-order valence-electron chi connectivity index (χ0n) is 39.4. The minimum absolute atomic E-state index is 0.286. The normalized spacial score (nSPS) is 28.5. The second kappa shape index (κ2) is 18.4. The molecular formula is C45H70O16. The van der Waals surface area contributed by atoms with Crippen molar-refractivity contribution in [2.75, 3.05) is 13.2 Å². The lowest BCUT2D eigenvalue weighted by Crippen LogP contribution is -2.64. The van der Waals surface area contributed by atoms with Gasteiger partial charge in [0.25, 0.3) is 0 Å². The minimum atomic E-state index is -1.71. The Bertz CT molecular complexity index is 1690. The SMILES string of the molecule is CC(C)(C)C(=O)OCC1=C[C@@H](OC(=O)C(C)(C)C)[C@H]2[C@@H]1[C@H](O[C@@H]1O[C@H](COC(=O)C(C)(C)C)[C@@H](OC(=O)C(C)(C)C)[C@H](OC(=O)C(C)(C)C)[C@H]1OC(=O)C(C)(C)C)O[C@H]2C=O. The lowest BCUT2D eigenvalue weighted by atomic mass is 9.88. The quantitative estimate of drug-likeness (QED) is 0.104. The summed E-state index contributed by atoms with van der Waals surface area (Å²) >= 11 is 0. The molecule has 1 aliphatic carbocycles. The maximum atomic E-state index is 13.8. The molecule has 16 nitrogen and oxygen atoms in total. The molecule has 10 atom stereocenters. The van der Waals surface area contributed by atoms with E-state index in [0.717, 1.165) is 0 Å². The number of carbonyl (C=O) groups excluding carboxylic acids is 7. The van der Waals surface area contributed by atoms with Crippen molar-refractivity contribution in [3.8, 4) is 0 Å². The van der Waals surface area contributed by atoms with E-state index in [2.05, 4.69) is 0 Å². The Hall–Kier alpha value is -3.89. The fourth-order valence-corrected chi connectivity index (χ4v) is 6.06. The van der Waals surface area contributed by atoms with Crippen LogP contribution >= 0.6 is 0 Å². The molecule has 2 saturated heterocycles. The highest BCUT2D eigenvalue weighted by Crippen LogP contribution is 2.48. The average Bonchev–Trinajstić information content (AvgIpc) is 3.63. The Morgan fingerprint density at radius 1 is 0.525 bits per heavy atom. The van der Waals surface area contributed by atoms with E-state index >= 15 is 0 Å². The van der Waals surface area contributed by atoms with Gasteiger partial charge in [-0.15, -0.1) is 0 Å². The lowest BCUT2D eigenvalue weighted by Gasteiger charge is -2.46. The number of hydrogen-bond donors (Lipinski definition) is 0. The first-order valence-corrected chi connectivity index (χ1v) is 20.8. The highest BCUT2D eigenvalue weighted by atomic mass is 16.8. The number of hydrogen-bond acceptors (Lipinski definition) is 16. The molecule has 0 saturated carbocycles. The largest absolute Gasteiger partial charge is 0.462 e. The summed E-state index contributed by atoms with van der Waals surface area (Å²) in [6.45, 7) is 28.7. The third-order valence-electron chi connectivity index (χ3n) is 9.95. The van der Waals surface area contributed by atoms with Crippen LogP contribution in [-0.4, -0.2) is 105 Å². The molecule has 0 spiro atoms. The predicted molar refractivity (Wildman–Crippen MR) is 218 cm³/mol. The third kappa shape index (κ3) is 13.1. The molecule has 2 fully saturated rings. The summed E-state index contributed by atoms with van der Waals surface area (Å²) in [4.78, 5) is 93.3. The third-order valence-corrected chi connectivity index (χ3v) is 9.95. The molecule has 0 N–H and O–H groups in total. The number of carbonyl (C=O) groups is 7. The summed E-state index contributed by atoms with van der Waals surface area (Å²) in [5, 5.41) is 0. The molecule has 0 amide bonds. The van der Waals surface area contributed by atoms with Crippen molar-refractivity contribution in [2.24, 2.45) is 44.3 Å². The van der Waals surface area contributed by atoms with Crippen LogP contribution in [0, 0.1) is 44.3 Å². The van der Waals surface area contributed by atoms with Crippen LogP contribution in [-0.2, 0) is 76.2 Å². The van der Waals surface area contributed by atoms with E-state index in [-0.39, 0.29) is 6.61 Å². The number of fused-ring (bicyclic) bond motifs is 1. The summed E-state index contributed by atoms with van der Waals surface area (Å²) in [5.41, 5.74) is -5.67. The molecule has 0 aromatic carbocycles. The van der Waals surface area contributed by atoms with Crippen LogP contribution in [0.1, 0.15) is 125 Å². The summed E-state index contributed by atoms with van der Waals surface area (Å²) < 4.78 is 54.9. The molecule has 3 rings (SSSR count). The molecular weight excluding hydrogens is 796 g/mol. The van der Waals surface area contributed by atoms with Crippen molar-refractivity contribution >= 4 is 42.1 Å². The number of ether oxygens (including phenoxy) is 9. The number of aldehydes is 1. The van der Waals surface area contributed by atoms with Gasteiger partial charge in [-0.25, -0.2) is 0 Å². The van der Waals surface area contributed by atoms with Gasteiger partial charge in [0.15, 0.2) is 24.6 Å². The van der Waals surface area contributed by atoms with Gasteiger partial charge in [0.05, 0.1) is 32.5 Å². The molecule has 0 bridgehead atoms.